The molecule has 0 spiro atoms. The van der Waals surface area contributed by atoms with Gasteiger partial charge in [-0.05, 0) is 36.2 Å². The van der Waals surface area contributed by atoms with Gasteiger partial charge in [-0.2, -0.15) is 0 Å². The van der Waals surface area contributed by atoms with Crippen molar-refractivity contribution in [3.63, 3.8) is 0 Å². The summed E-state index contributed by atoms with van der Waals surface area (Å²) in [6.45, 7) is 5.79. The van der Waals surface area contributed by atoms with Crippen LogP contribution in [0.15, 0.2) is 63.8 Å². The van der Waals surface area contributed by atoms with Crippen LogP contribution in [0.3, 0.4) is 0 Å². The fourth-order valence-corrected chi connectivity index (χ4v) is 3.60. The summed E-state index contributed by atoms with van der Waals surface area (Å²) < 4.78 is 5.34. The molecule has 27 heavy (non-hydrogen) atoms. The first-order chi connectivity index (χ1) is 13.1. The van der Waals surface area contributed by atoms with Crippen molar-refractivity contribution in [1.29, 1.82) is 0 Å². The second-order valence-corrected chi connectivity index (χ2v) is 7.01. The van der Waals surface area contributed by atoms with Crippen LogP contribution in [-0.4, -0.2) is 41.9 Å². The molecule has 0 unspecified atom stereocenters. The Morgan fingerprint density at radius 2 is 1.74 bits per heavy atom. The molecule has 0 saturated carbocycles. The number of amides is 1. The molecule has 1 aromatic heterocycles. The monoisotopic (exact) mass is 362 g/mol. The van der Waals surface area contributed by atoms with Crippen LogP contribution in [0.4, 0.5) is 0 Å². The molecule has 1 fully saturated rings. The Hall–Kier alpha value is -2.92. The number of carbonyl (C=O) groups excluding carboxylic acids is 1. The molecular formula is C22H22N2O3. The highest BCUT2D eigenvalue weighted by Gasteiger charge is 2.22. The summed E-state index contributed by atoms with van der Waals surface area (Å²) in [7, 11) is 0. The molecular weight excluding hydrogens is 340 g/mol. The molecule has 1 amide bonds. The molecule has 5 heteroatoms. The summed E-state index contributed by atoms with van der Waals surface area (Å²) in [4.78, 5) is 28.4. The molecule has 0 N–H and O–H groups in total. The molecule has 2 aromatic carbocycles. The molecule has 1 aliphatic heterocycles. The largest absolute Gasteiger partial charge is 0.423 e. The van der Waals surface area contributed by atoms with Crippen LogP contribution in [0.1, 0.15) is 21.5 Å². The molecule has 3 aromatic rings. The lowest BCUT2D eigenvalue weighted by atomic mass is 10.1. The first-order valence-corrected chi connectivity index (χ1v) is 9.20. The molecule has 138 valence electrons. The highest BCUT2D eigenvalue weighted by Crippen LogP contribution is 2.19. The van der Waals surface area contributed by atoms with E-state index in [2.05, 4.69) is 11.0 Å². The Balaban J connectivity index is 1.41. The van der Waals surface area contributed by atoms with E-state index >= 15 is 0 Å². The number of benzene rings is 2. The maximum atomic E-state index is 12.5. The van der Waals surface area contributed by atoms with Gasteiger partial charge in [-0.25, -0.2) is 4.79 Å². The second kappa shape index (κ2) is 7.37. The lowest BCUT2D eigenvalue weighted by molar-refractivity contribution is 0.0628. The fourth-order valence-electron chi connectivity index (χ4n) is 3.60. The van der Waals surface area contributed by atoms with Gasteiger partial charge >= 0.3 is 5.63 Å². The Morgan fingerprint density at radius 3 is 2.48 bits per heavy atom. The summed E-state index contributed by atoms with van der Waals surface area (Å²) in [5.41, 5.74) is 3.10. The zero-order valence-electron chi connectivity index (χ0n) is 15.4. The minimum atomic E-state index is -0.315. The topological polar surface area (TPSA) is 53.8 Å². The van der Waals surface area contributed by atoms with Gasteiger partial charge in [0.05, 0.1) is 0 Å². The molecule has 1 aliphatic rings. The zero-order valence-corrected chi connectivity index (χ0v) is 15.4. The average molecular weight is 362 g/mol. The van der Waals surface area contributed by atoms with Crippen molar-refractivity contribution in [2.45, 2.75) is 13.5 Å². The molecule has 0 atom stereocenters. The number of fused-ring (bicyclic) bond motifs is 1. The summed E-state index contributed by atoms with van der Waals surface area (Å²) in [5, 5.41) is 0.969. The molecule has 5 nitrogen and oxygen atoms in total. The summed E-state index contributed by atoms with van der Waals surface area (Å²) in [6, 6.07) is 17.0. The minimum absolute atomic E-state index is 0.0956. The van der Waals surface area contributed by atoms with Gasteiger partial charge in [0.2, 0.25) is 0 Å². The first-order valence-electron chi connectivity index (χ1n) is 9.20. The van der Waals surface area contributed by atoms with E-state index in [0.717, 1.165) is 54.8 Å². The standard InChI is InChI=1S/C22H22N2O3/c1-16-13-21(25)27-20-14-17(7-8-19(16)20)15-23-9-11-24(12-10-23)22(26)18-5-3-2-4-6-18/h2-8,13-14H,9-12,15H2,1H3. The van der Waals surface area contributed by atoms with Crippen molar-refractivity contribution in [3.05, 3.63) is 81.7 Å². The second-order valence-electron chi connectivity index (χ2n) is 7.01. The zero-order chi connectivity index (χ0) is 18.8. The van der Waals surface area contributed by atoms with Crippen molar-refractivity contribution in [1.82, 2.24) is 9.80 Å². The smallest absolute Gasteiger partial charge is 0.336 e. The van der Waals surface area contributed by atoms with Gasteiger partial charge in [0.15, 0.2) is 0 Å². The van der Waals surface area contributed by atoms with Crippen molar-refractivity contribution < 1.29 is 9.21 Å². The van der Waals surface area contributed by atoms with Gasteiger partial charge < -0.3 is 9.32 Å². The van der Waals surface area contributed by atoms with E-state index in [-0.39, 0.29) is 11.5 Å². The molecule has 1 saturated heterocycles. The Kier molecular flexibility index (Phi) is 4.77. The predicted molar refractivity (Wildman–Crippen MR) is 105 cm³/mol. The lowest BCUT2D eigenvalue weighted by Gasteiger charge is -2.34. The van der Waals surface area contributed by atoms with Gasteiger partial charge in [0.25, 0.3) is 5.91 Å². The number of hydrogen-bond donors (Lipinski definition) is 0. The number of nitrogens with zero attached hydrogens (tertiary/aromatic N) is 2. The maximum Gasteiger partial charge on any atom is 0.336 e. The Morgan fingerprint density at radius 1 is 1.00 bits per heavy atom. The highest BCUT2D eigenvalue weighted by atomic mass is 16.4. The van der Waals surface area contributed by atoms with Crippen LogP contribution in [0.25, 0.3) is 11.0 Å². The maximum absolute atomic E-state index is 12.5. The van der Waals surface area contributed by atoms with Crippen molar-refractivity contribution in [2.24, 2.45) is 0 Å². The fraction of sp³-hybridized carbons (Fsp3) is 0.273. The van der Waals surface area contributed by atoms with E-state index in [4.69, 9.17) is 4.42 Å². The van der Waals surface area contributed by atoms with E-state index in [9.17, 15) is 9.59 Å². The van der Waals surface area contributed by atoms with Crippen LogP contribution in [0, 0.1) is 6.92 Å². The molecule has 4 rings (SSSR count). The average Bonchev–Trinajstić information content (AvgIpc) is 2.68. The van der Waals surface area contributed by atoms with E-state index < -0.39 is 0 Å². The third-order valence-electron chi connectivity index (χ3n) is 5.10. The van der Waals surface area contributed by atoms with E-state index in [1.807, 2.05) is 54.3 Å². The number of carbonyl (C=O) groups is 1. The van der Waals surface area contributed by atoms with Crippen LogP contribution in [0.2, 0.25) is 0 Å². The predicted octanol–water partition coefficient (Wildman–Crippen LogP) is 3.06. The van der Waals surface area contributed by atoms with E-state index in [1.54, 1.807) is 0 Å². The van der Waals surface area contributed by atoms with Crippen molar-refractivity contribution in [3.8, 4) is 0 Å². The third-order valence-corrected chi connectivity index (χ3v) is 5.10. The van der Waals surface area contributed by atoms with E-state index in [0.29, 0.717) is 5.58 Å². The number of hydrogen-bond acceptors (Lipinski definition) is 4. The summed E-state index contributed by atoms with van der Waals surface area (Å²) in [5.74, 6) is 0.0956. The molecule has 0 bridgehead atoms. The Labute approximate surface area is 157 Å². The summed E-state index contributed by atoms with van der Waals surface area (Å²) >= 11 is 0. The van der Waals surface area contributed by atoms with Gasteiger partial charge in [0.1, 0.15) is 5.58 Å². The van der Waals surface area contributed by atoms with Crippen LogP contribution in [-0.2, 0) is 6.54 Å². The number of rotatable bonds is 3. The number of piperazine rings is 1. The van der Waals surface area contributed by atoms with Gasteiger partial charge in [-0.1, -0.05) is 30.3 Å². The Bertz CT molecular complexity index is 1020. The van der Waals surface area contributed by atoms with Gasteiger partial charge in [-0.3, -0.25) is 9.69 Å². The molecule has 2 heterocycles. The SMILES string of the molecule is Cc1cc(=O)oc2cc(CN3CCN(C(=O)c4ccccc4)CC3)ccc12. The normalized spacial score (nSPS) is 15.2. The van der Waals surface area contributed by atoms with Gasteiger partial charge in [0, 0.05) is 49.7 Å². The van der Waals surface area contributed by atoms with Crippen molar-refractivity contribution in [2.75, 3.05) is 26.2 Å². The lowest BCUT2D eigenvalue weighted by Crippen LogP contribution is -2.48. The summed E-state index contributed by atoms with van der Waals surface area (Å²) in [6.07, 6.45) is 0. The third kappa shape index (κ3) is 3.78. The minimum Gasteiger partial charge on any atom is -0.423 e. The van der Waals surface area contributed by atoms with Crippen LogP contribution < -0.4 is 5.63 Å². The van der Waals surface area contributed by atoms with E-state index in [1.165, 1.54) is 6.07 Å². The van der Waals surface area contributed by atoms with Gasteiger partial charge in [-0.15, -0.1) is 0 Å². The van der Waals surface area contributed by atoms with Crippen LogP contribution >= 0.6 is 0 Å². The number of aryl methyl sites for hydroxylation is 1. The van der Waals surface area contributed by atoms with Crippen LogP contribution in [0.5, 0.6) is 0 Å². The quantitative estimate of drug-likeness (QED) is 0.672. The molecule has 0 radical (unpaired) electrons. The molecule has 0 aliphatic carbocycles. The highest BCUT2D eigenvalue weighted by molar-refractivity contribution is 5.94. The van der Waals surface area contributed by atoms with Crippen molar-refractivity contribution >= 4 is 16.9 Å². The first kappa shape index (κ1) is 17.5.